The lowest BCUT2D eigenvalue weighted by molar-refractivity contribution is -0.144. The van der Waals surface area contributed by atoms with Gasteiger partial charge in [0.1, 0.15) is 0 Å². The van der Waals surface area contributed by atoms with Gasteiger partial charge in [0, 0.05) is 0 Å². The number of hydrogen-bond donors (Lipinski definition) is 1. The minimum atomic E-state index is -1.21. The molecule has 1 heterocycles. The van der Waals surface area contributed by atoms with Gasteiger partial charge in [0.05, 0.1) is 12.7 Å². The van der Waals surface area contributed by atoms with Crippen molar-refractivity contribution in [3.63, 3.8) is 0 Å². The normalized spacial score (nSPS) is 14.0. The molecule has 0 aromatic heterocycles. The summed E-state index contributed by atoms with van der Waals surface area (Å²) >= 11 is 0. The van der Waals surface area contributed by atoms with E-state index in [0.717, 1.165) is 12.0 Å². The molecular formula is C18H15NO7. The lowest BCUT2D eigenvalue weighted by atomic mass is 10.0. The molecule has 1 atom stereocenters. The first-order valence-corrected chi connectivity index (χ1v) is 7.63. The highest BCUT2D eigenvalue weighted by atomic mass is 16.7. The summed E-state index contributed by atoms with van der Waals surface area (Å²) in [6.07, 6.45) is -0.954. The lowest BCUT2D eigenvalue weighted by Gasteiger charge is -2.33. The third kappa shape index (κ3) is 3.16. The smallest absolute Gasteiger partial charge is 0.479 e. The van der Waals surface area contributed by atoms with Crippen molar-refractivity contribution in [2.45, 2.75) is 6.04 Å². The van der Waals surface area contributed by atoms with E-state index in [1.54, 1.807) is 30.3 Å². The van der Waals surface area contributed by atoms with E-state index in [9.17, 15) is 19.5 Å². The summed E-state index contributed by atoms with van der Waals surface area (Å²) in [5.74, 6) is -1.64. The largest absolute Gasteiger partial charge is 0.513 e. The van der Waals surface area contributed by atoms with Crippen LogP contribution in [0.5, 0.6) is 11.5 Å². The minimum absolute atomic E-state index is 0.0222. The van der Waals surface area contributed by atoms with E-state index in [1.165, 1.54) is 18.2 Å². The first kappa shape index (κ1) is 17.3. The summed E-state index contributed by atoms with van der Waals surface area (Å²) in [4.78, 5) is 37.0. The fraction of sp³-hybridized carbons (Fsp3) is 0.167. The Labute approximate surface area is 148 Å². The maximum absolute atomic E-state index is 12.9. The molecule has 1 aliphatic heterocycles. The third-order valence-electron chi connectivity index (χ3n) is 3.84. The molecule has 1 N–H and O–H groups in total. The number of nitrogens with zero attached hydrogens (tertiary/aromatic N) is 1. The first-order valence-electron chi connectivity index (χ1n) is 7.63. The molecule has 0 spiro atoms. The van der Waals surface area contributed by atoms with Crippen molar-refractivity contribution in [3.05, 3.63) is 59.7 Å². The number of ether oxygens (including phenoxy) is 3. The average molecular weight is 357 g/mol. The van der Waals surface area contributed by atoms with Crippen molar-refractivity contribution >= 4 is 18.0 Å². The van der Waals surface area contributed by atoms with Crippen LogP contribution in [0.15, 0.2) is 48.5 Å². The Bertz CT molecular complexity index is 850. The summed E-state index contributed by atoms with van der Waals surface area (Å²) < 4.78 is 14.9. The Hall–Kier alpha value is -3.55. The molecule has 1 aliphatic rings. The van der Waals surface area contributed by atoms with Gasteiger partial charge in [-0.2, -0.15) is 0 Å². The Kier molecular flexibility index (Phi) is 4.74. The number of fused-ring (bicyclic) bond motifs is 1. The monoisotopic (exact) mass is 357 g/mol. The Morgan fingerprint density at radius 1 is 1.15 bits per heavy atom. The van der Waals surface area contributed by atoms with Crippen molar-refractivity contribution in [1.82, 2.24) is 4.90 Å². The number of aliphatic carboxylic acids is 1. The highest BCUT2D eigenvalue weighted by Gasteiger charge is 2.37. The number of carboxylic acids is 1. The van der Waals surface area contributed by atoms with Crippen LogP contribution < -0.4 is 9.47 Å². The van der Waals surface area contributed by atoms with Crippen molar-refractivity contribution in [2.75, 3.05) is 13.8 Å². The summed E-state index contributed by atoms with van der Waals surface area (Å²) in [6.45, 7) is -0.306. The third-order valence-corrected chi connectivity index (χ3v) is 3.84. The number of para-hydroxylation sites is 1. The summed E-state index contributed by atoms with van der Waals surface area (Å²) in [6, 6.07) is 11.6. The molecule has 0 radical (unpaired) electrons. The number of carboxylic acid groups (broad SMARTS) is 1. The maximum atomic E-state index is 12.9. The Morgan fingerprint density at radius 2 is 1.88 bits per heavy atom. The van der Waals surface area contributed by atoms with Gasteiger partial charge in [0.25, 0.3) is 5.91 Å². The molecular weight excluding hydrogens is 342 g/mol. The van der Waals surface area contributed by atoms with Gasteiger partial charge in [-0.3, -0.25) is 9.69 Å². The molecule has 8 nitrogen and oxygen atoms in total. The number of carbonyl (C=O) groups excluding carboxylic acids is 2. The van der Waals surface area contributed by atoms with Gasteiger partial charge in [0.2, 0.25) is 0 Å². The highest BCUT2D eigenvalue weighted by Crippen LogP contribution is 2.37. The average Bonchev–Trinajstić information content (AvgIpc) is 2.65. The van der Waals surface area contributed by atoms with E-state index in [1.807, 2.05) is 0 Å². The SMILES string of the molecule is COC(=O)Oc1cccc2c1OCN([C@@H](C(=O)O)c1ccccc1)C2=O. The standard InChI is InChI=1S/C18H15NO7/c1-24-18(23)26-13-9-5-8-12-15(13)25-10-19(16(12)20)14(17(21)22)11-6-3-2-4-7-11/h2-9,14H,10H2,1H3,(H,21,22)/t14-/m1/s1. The molecule has 0 fully saturated rings. The predicted octanol–water partition coefficient (Wildman–Crippen LogP) is 2.45. The summed E-state index contributed by atoms with van der Waals surface area (Å²) in [5.41, 5.74) is 0.544. The van der Waals surface area contributed by atoms with Gasteiger partial charge in [-0.15, -0.1) is 0 Å². The molecule has 0 saturated heterocycles. The number of carbonyl (C=O) groups is 3. The maximum Gasteiger partial charge on any atom is 0.513 e. The molecule has 3 rings (SSSR count). The number of rotatable bonds is 4. The van der Waals surface area contributed by atoms with E-state index >= 15 is 0 Å². The van der Waals surface area contributed by atoms with E-state index in [0.29, 0.717) is 5.56 Å². The van der Waals surface area contributed by atoms with E-state index < -0.39 is 24.1 Å². The van der Waals surface area contributed by atoms with Crippen LogP contribution in [0.3, 0.4) is 0 Å². The number of methoxy groups -OCH3 is 1. The predicted molar refractivity (Wildman–Crippen MR) is 88.0 cm³/mol. The molecule has 0 aliphatic carbocycles. The molecule has 8 heteroatoms. The molecule has 0 saturated carbocycles. The molecule has 2 aromatic carbocycles. The van der Waals surface area contributed by atoms with E-state index in [-0.39, 0.29) is 23.8 Å². The molecule has 134 valence electrons. The van der Waals surface area contributed by atoms with Crippen molar-refractivity contribution in [2.24, 2.45) is 0 Å². The Balaban J connectivity index is 1.96. The number of benzene rings is 2. The quantitative estimate of drug-likeness (QED) is 0.662. The van der Waals surface area contributed by atoms with Crippen LogP contribution in [0, 0.1) is 0 Å². The fourth-order valence-electron chi connectivity index (χ4n) is 2.68. The number of hydrogen-bond acceptors (Lipinski definition) is 6. The van der Waals surface area contributed by atoms with Crippen LogP contribution >= 0.6 is 0 Å². The van der Waals surface area contributed by atoms with Gasteiger partial charge in [-0.1, -0.05) is 36.4 Å². The lowest BCUT2D eigenvalue weighted by Crippen LogP contribution is -2.44. The summed E-state index contributed by atoms with van der Waals surface area (Å²) in [5, 5.41) is 9.61. The van der Waals surface area contributed by atoms with Crippen LogP contribution in [0.1, 0.15) is 22.0 Å². The molecule has 26 heavy (non-hydrogen) atoms. The molecule has 2 aromatic rings. The van der Waals surface area contributed by atoms with Gasteiger partial charge in [-0.25, -0.2) is 9.59 Å². The highest BCUT2D eigenvalue weighted by molar-refractivity contribution is 6.00. The van der Waals surface area contributed by atoms with Crippen LogP contribution in [-0.2, 0) is 9.53 Å². The zero-order chi connectivity index (χ0) is 18.7. The van der Waals surface area contributed by atoms with E-state index in [4.69, 9.17) is 9.47 Å². The first-order chi connectivity index (χ1) is 12.5. The van der Waals surface area contributed by atoms with Crippen molar-refractivity contribution in [1.29, 1.82) is 0 Å². The van der Waals surface area contributed by atoms with Crippen LogP contribution in [0.4, 0.5) is 4.79 Å². The molecule has 0 unspecified atom stereocenters. The number of amides is 1. The van der Waals surface area contributed by atoms with Crippen molar-refractivity contribution in [3.8, 4) is 11.5 Å². The van der Waals surface area contributed by atoms with Crippen LogP contribution in [0.2, 0.25) is 0 Å². The zero-order valence-electron chi connectivity index (χ0n) is 13.7. The molecule has 0 bridgehead atoms. The van der Waals surface area contributed by atoms with Crippen LogP contribution in [-0.4, -0.2) is 41.9 Å². The van der Waals surface area contributed by atoms with E-state index in [2.05, 4.69) is 4.74 Å². The second kappa shape index (κ2) is 7.14. The van der Waals surface area contributed by atoms with Gasteiger partial charge in [0.15, 0.2) is 24.3 Å². The van der Waals surface area contributed by atoms with Gasteiger partial charge < -0.3 is 19.3 Å². The second-order valence-corrected chi connectivity index (χ2v) is 5.39. The van der Waals surface area contributed by atoms with Crippen LogP contribution in [0.25, 0.3) is 0 Å². The topological polar surface area (TPSA) is 102 Å². The van der Waals surface area contributed by atoms with Crippen molar-refractivity contribution < 1.29 is 33.7 Å². The fourth-order valence-corrected chi connectivity index (χ4v) is 2.68. The Morgan fingerprint density at radius 3 is 2.54 bits per heavy atom. The second-order valence-electron chi connectivity index (χ2n) is 5.39. The van der Waals surface area contributed by atoms with Gasteiger partial charge >= 0.3 is 12.1 Å². The van der Waals surface area contributed by atoms with Gasteiger partial charge in [-0.05, 0) is 17.7 Å². The zero-order valence-corrected chi connectivity index (χ0v) is 13.7. The minimum Gasteiger partial charge on any atom is -0.479 e. The molecule has 1 amide bonds. The summed E-state index contributed by atoms with van der Waals surface area (Å²) in [7, 11) is 1.16.